The maximum absolute atomic E-state index is 5.90. The van der Waals surface area contributed by atoms with Gasteiger partial charge in [0.1, 0.15) is 5.75 Å². The summed E-state index contributed by atoms with van der Waals surface area (Å²) in [6, 6.07) is 16.7. The Hall–Kier alpha value is -1.46. The maximum atomic E-state index is 5.90. The first-order valence-electron chi connectivity index (χ1n) is 7.70. The minimum absolute atomic E-state index is 0. The van der Waals surface area contributed by atoms with Crippen LogP contribution in [0.3, 0.4) is 0 Å². The molecule has 1 saturated heterocycles. The molecule has 0 bridgehead atoms. The first-order chi connectivity index (χ1) is 10.8. The Balaban J connectivity index is 0.00000144. The van der Waals surface area contributed by atoms with Crippen molar-refractivity contribution in [1.82, 2.24) is 10.2 Å². The van der Waals surface area contributed by atoms with Crippen molar-refractivity contribution < 1.29 is 4.74 Å². The van der Waals surface area contributed by atoms with Crippen molar-refractivity contribution in [2.45, 2.75) is 12.6 Å². The van der Waals surface area contributed by atoms with Gasteiger partial charge in [-0.05, 0) is 23.8 Å². The Labute approximate surface area is 156 Å². The summed E-state index contributed by atoms with van der Waals surface area (Å²) in [5.41, 5.74) is 9.21. The van der Waals surface area contributed by atoms with E-state index < -0.39 is 0 Å². The van der Waals surface area contributed by atoms with E-state index in [4.69, 9.17) is 10.5 Å². The minimum atomic E-state index is 0. The van der Waals surface area contributed by atoms with Crippen molar-refractivity contribution in [2.24, 2.45) is 0 Å². The highest BCUT2D eigenvalue weighted by Gasteiger charge is 2.26. The fourth-order valence-corrected chi connectivity index (χ4v) is 3.11. The summed E-state index contributed by atoms with van der Waals surface area (Å²) >= 11 is 0. The quantitative estimate of drug-likeness (QED) is 0.812. The number of ether oxygens (including phenoxy) is 1. The van der Waals surface area contributed by atoms with Gasteiger partial charge < -0.3 is 15.8 Å². The molecule has 1 fully saturated rings. The number of halogens is 2. The summed E-state index contributed by atoms with van der Waals surface area (Å²) < 4.78 is 5.54. The average molecular weight is 370 g/mol. The van der Waals surface area contributed by atoms with Crippen molar-refractivity contribution in [3.63, 3.8) is 0 Å². The fourth-order valence-electron chi connectivity index (χ4n) is 3.11. The van der Waals surface area contributed by atoms with Crippen LogP contribution in [0.25, 0.3) is 0 Å². The molecular weight excluding hydrogens is 345 g/mol. The van der Waals surface area contributed by atoms with Crippen LogP contribution in [0, 0.1) is 0 Å². The van der Waals surface area contributed by atoms with E-state index in [-0.39, 0.29) is 24.8 Å². The SMILES string of the molecule is COc1ccccc1C1CNCCN1Cc1cccc(N)c1.Cl.Cl. The highest BCUT2D eigenvalue weighted by Crippen LogP contribution is 2.31. The zero-order chi connectivity index (χ0) is 15.4. The average Bonchev–Trinajstić information content (AvgIpc) is 2.55. The van der Waals surface area contributed by atoms with Gasteiger partial charge in [0.05, 0.1) is 13.2 Å². The molecule has 1 heterocycles. The predicted octanol–water partition coefficient (Wildman–Crippen LogP) is 3.27. The Morgan fingerprint density at radius 3 is 2.71 bits per heavy atom. The van der Waals surface area contributed by atoms with E-state index in [1.54, 1.807) is 7.11 Å². The van der Waals surface area contributed by atoms with E-state index in [1.807, 2.05) is 24.3 Å². The van der Waals surface area contributed by atoms with Crippen LogP contribution in [0.15, 0.2) is 48.5 Å². The topological polar surface area (TPSA) is 50.5 Å². The van der Waals surface area contributed by atoms with Gasteiger partial charge in [-0.15, -0.1) is 24.8 Å². The second kappa shape index (κ2) is 9.74. The largest absolute Gasteiger partial charge is 0.496 e. The van der Waals surface area contributed by atoms with Crippen LogP contribution in [0.5, 0.6) is 5.75 Å². The Morgan fingerprint density at radius 2 is 1.96 bits per heavy atom. The summed E-state index contributed by atoms with van der Waals surface area (Å²) in [7, 11) is 1.73. The number of hydrogen-bond acceptors (Lipinski definition) is 4. The highest BCUT2D eigenvalue weighted by atomic mass is 35.5. The third-order valence-electron chi connectivity index (χ3n) is 4.19. The molecule has 1 atom stereocenters. The molecular formula is C18H25Cl2N3O. The first kappa shape index (κ1) is 20.6. The van der Waals surface area contributed by atoms with Crippen LogP contribution in [-0.4, -0.2) is 31.6 Å². The number of nitrogens with one attached hydrogen (secondary N) is 1. The molecule has 1 unspecified atom stereocenters. The molecule has 1 aliphatic heterocycles. The van der Waals surface area contributed by atoms with Crippen LogP contribution in [0.4, 0.5) is 5.69 Å². The normalized spacial score (nSPS) is 17.5. The lowest BCUT2D eigenvalue weighted by Gasteiger charge is -2.37. The van der Waals surface area contributed by atoms with E-state index in [9.17, 15) is 0 Å². The van der Waals surface area contributed by atoms with Crippen molar-refractivity contribution in [1.29, 1.82) is 0 Å². The third kappa shape index (κ3) is 4.77. The molecule has 0 saturated carbocycles. The molecule has 132 valence electrons. The lowest BCUT2D eigenvalue weighted by molar-refractivity contribution is 0.151. The van der Waals surface area contributed by atoms with Gasteiger partial charge in [-0.2, -0.15) is 0 Å². The summed E-state index contributed by atoms with van der Waals surface area (Å²) in [5, 5.41) is 3.49. The molecule has 0 spiro atoms. The molecule has 24 heavy (non-hydrogen) atoms. The van der Waals surface area contributed by atoms with Gasteiger partial charge in [0, 0.05) is 37.4 Å². The molecule has 6 heteroatoms. The molecule has 0 aliphatic carbocycles. The number of rotatable bonds is 4. The number of nitrogens with two attached hydrogens (primary N) is 1. The van der Waals surface area contributed by atoms with E-state index >= 15 is 0 Å². The van der Waals surface area contributed by atoms with Gasteiger partial charge in [-0.25, -0.2) is 0 Å². The number of anilines is 1. The summed E-state index contributed by atoms with van der Waals surface area (Å²) in [6.45, 7) is 3.85. The monoisotopic (exact) mass is 369 g/mol. The van der Waals surface area contributed by atoms with E-state index in [2.05, 4.69) is 34.5 Å². The van der Waals surface area contributed by atoms with Gasteiger partial charge >= 0.3 is 0 Å². The number of hydrogen-bond donors (Lipinski definition) is 2. The standard InChI is InChI=1S/C18H23N3O.2ClH/c1-22-18-8-3-2-7-16(18)17-12-20-9-10-21(17)13-14-5-4-6-15(19)11-14;;/h2-8,11,17,20H,9-10,12-13,19H2,1H3;2*1H. The number of piperazine rings is 1. The summed E-state index contributed by atoms with van der Waals surface area (Å²) in [5.74, 6) is 0.953. The van der Waals surface area contributed by atoms with Crippen LogP contribution >= 0.6 is 24.8 Å². The second-order valence-electron chi connectivity index (χ2n) is 5.68. The molecule has 0 amide bonds. The summed E-state index contributed by atoms with van der Waals surface area (Å²) in [6.07, 6.45) is 0. The fraction of sp³-hybridized carbons (Fsp3) is 0.333. The smallest absolute Gasteiger partial charge is 0.123 e. The van der Waals surface area contributed by atoms with Gasteiger partial charge in [0.15, 0.2) is 0 Å². The van der Waals surface area contributed by atoms with Gasteiger partial charge in [-0.3, -0.25) is 4.90 Å². The lowest BCUT2D eigenvalue weighted by atomic mass is 10.0. The number of benzene rings is 2. The van der Waals surface area contributed by atoms with Crippen molar-refractivity contribution in [2.75, 3.05) is 32.5 Å². The predicted molar refractivity (Wildman–Crippen MR) is 104 cm³/mol. The molecule has 3 N–H and O–H groups in total. The van der Waals surface area contributed by atoms with E-state index in [0.717, 1.165) is 37.6 Å². The van der Waals surface area contributed by atoms with Crippen LogP contribution in [0.1, 0.15) is 17.2 Å². The Bertz CT molecular complexity index is 639. The van der Waals surface area contributed by atoms with Gasteiger partial charge in [-0.1, -0.05) is 30.3 Å². The molecule has 0 aromatic heterocycles. The molecule has 4 nitrogen and oxygen atoms in total. The zero-order valence-electron chi connectivity index (χ0n) is 13.8. The molecule has 1 aliphatic rings. The number of nitrogen functional groups attached to an aromatic ring is 1. The first-order valence-corrected chi connectivity index (χ1v) is 7.70. The van der Waals surface area contributed by atoms with Crippen molar-refractivity contribution >= 4 is 30.5 Å². The molecule has 2 aromatic rings. The summed E-state index contributed by atoms with van der Waals surface area (Å²) in [4.78, 5) is 2.49. The van der Waals surface area contributed by atoms with E-state index in [0.29, 0.717) is 6.04 Å². The number of methoxy groups -OCH3 is 1. The molecule has 0 radical (unpaired) electrons. The third-order valence-corrected chi connectivity index (χ3v) is 4.19. The minimum Gasteiger partial charge on any atom is -0.496 e. The number of para-hydroxylation sites is 1. The van der Waals surface area contributed by atoms with Crippen molar-refractivity contribution in [3.8, 4) is 5.75 Å². The van der Waals surface area contributed by atoms with Gasteiger partial charge in [0.2, 0.25) is 0 Å². The van der Waals surface area contributed by atoms with Crippen LogP contribution in [-0.2, 0) is 6.54 Å². The van der Waals surface area contributed by atoms with Crippen LogP contribution < -0.4 is 15.8 Å². The van der Waals surface area contributed by atoms with Gasteiger partial charge in [0.25, 0.3) is 0 Å². The zero-order valence-corrected chi connectivity index (χ0v) is 15.4. The maximum Gasteiger partial charge on any atom is 0.123 e. The molecule has 2 aromatic carbocycles. The Morgan fingerprint density at radius 1 is 1.17 bits per heavy atom. The second-order valence-corrected chi connectivity index (χ2v) is 5.68. The lowest BCUT2D eigenvalue weighted by Crippen LogP contribution is -2.45. The highest BCUT2D eigenvalue weighted by molar-refractivity contribution is 5.85. The Kier molecular flexibility index (Phi) is 8.36. The molecule has 3 rings (SSSR count). The van der Waals surface area contributed by atoms with Crippen molar-refractivity contribution in [3.05, 3.63) is 59.7 Å². The van der Waals surface area contributed by atoms with Crippen LogP contribution in [0.2, 0.25) is 0 Å². The van der Waals surface area contributed by atoms with E-state index in [1.165, 1.54) is 11.1 Å². The number of nitrogens with zero attached hydrogens (tertiary/aromatic N) is 1.